The molecule has 1 aliphatic heterocycles. The molecule has 0 atom stereocenters. The minimum Gasteiger partial charge on any atom is -0.393 e. The Morgan fingerprint density at radius 3 is 2.17 bits per heavy atom. The number of rotatable bonds is 2. The van der Waals surface area contributed by atoms with E-state index in [9.17, 15) is 5.11 Å². The number of aliphatic hydroxyl groups is 1. The van der Waals surface area contributed by atoms with E-state index in [0.717, 1.165) is 38.9 Å². The largest absolute Gasteiger partial charge is 0.393 e. The molecule has 0 aromatic carbocycles. The van der Waals surface area contributed by atoms with Crippen molar-refractivity contribution in [1.29, 1.82) is 0 Å². The molecule has 12 heavy (non-hydrogen) atoms. The second-order valence-corrected chi connectivity index (χ2v) is 3.91. The van der Waals surface area contributed by atoms with Crippen molar-refractivity contribution < 1.29 is 9.84 Å². The van der Waals surface area contributed by atoms with Crippen LogP contribution in [-0.2, 0) is 4.74 Å². The topological polar surface area (TPSA) is 41.5 Å². The Morgan fingerprint density at radius 1 is 1.00 bits per heavy atom. The standard InChI is InChI=1S/C9H17NO2/c11-9-3-1-7(2-4-9)10-8-5-12-6-8/h7-11H,1-6H2. The van der Waals surface area contributed by atoms with Gasteiger partial charge in [0.15, 0.2) is 0 Å². The molecule has 0 aromatic heterocycles. The van der Waals surface area contributed by atoms with Crippen molar-refractivity contribution in [3.63, 3.8) is 0 Å². The summed E-state index contributed by atoms with van der Waals surface area (Å²) in [6.45, 7) is 1.75. The summed E-state index contributed by atoms with van der Waals surface area (Å²) in [7, 11) is 0. The van der Waals surface area contributed by atoms with E-state index in [2.05, 4.69) is 5.32 Å². The molecule has 1 saturated heterocycles. The van der Waals surface area contributed by atoms with E-state index in [-0.39, 0.29) is 6.10 Å². The molecular formula is C9H17NO2. The van der Waals surface area contributed by atoms with Crippen LogP contribution >= 0.6 is 0 Å². The van der Waals surface area contributed by atoms with Gasteiger partial charge in [-0.1, -0.05) is 0 Å². The summed E-state index contributed by atoms with van der Waals surface area (Å²) in [6, 6.07) is 1.22. The molecule has 3 nitrogen and oxygen atoms in total. The van der Waals surface area contributed by atoms with Crippen molar-refractivity contribution in [1.82, 2.24) is 5.32 Å². The van der Waals surface area contributed by atoms with Crippen LogP contribution in [-0.4, -0.2) is 36.5 Å². The molecule has 0 spiro atoms. The van der Waals surface area contributed by atoms with Crippen LogP contribution in [0.2, 0.25) is 0 Å². The summed E-state index contributed by atoms with van der Waals surface area (Å²) in [5, 5.41) is 12.8. The van der Waals surface area contributed by atoms with Crippen LogP contribution in [0.4, 0.5) is 0 Å². The van der Waals surface area contributed by atoms with Crippen LogP contribution < -0.4 is 5.32 Å². The molecule has 2 N–H and O–H groups in total. The highest BCUT2D eigenvalue weighted by Gasteiger charge is 2.25. The predicted molar refractivity (Wildman–Crippen MR) is 46.0 cm³/mol. The van der Waals surface area contributed by atoms with Gasteiger partial charge in [0.2, 0.25) is 0 Å². The summed E-state index contributed by atoms with van der Waals surface area (Å²) in [4.78, 5) is 0. The Labute approximate surface area is 73.1 Å². The molecule has 0 aromatic rings. The van der Waals surface area contributed by atoms with E-state index in [0.29, 0.717) is 12.1 Å². The average molecular weight is 171 g/mol. The lowest BCUT2D eigenvalue weighted by Crippen LogP contribution is -2.51. The fourth-order valence-electron chi connectivity index (χ4n) is 1.91. The van der Waals surface area contributed by atoms with E-state index in [1.807, 2.05) is 0 Å². The molecule has 0 amide bonds. The van der Waals surface area contributed by atoms with Crippen LogP contribution in [0.1, 0.15) is 25.7 Å². The maximum atomic E-state index is 9.28. The third-order valence-electron chi connectivity index (χ3n) is 2.81. The third kappa shape index (κ3) is 1.97. The monoisotopic (exact) mass is 171 g/mol. The molecule has 2 rings (SSSR count). The zero-order valence-electron chi connectivity index (χ0n) is 7.33. The number of ether oxygens (including phenoxy) is 1. The third-order valence-corrected chi connectivity index (χ3v) is 2.81. The van der Waals surface area contributed by atoms with Crippen LogP contribution in [0.25, 0.3) is 0 Å². The van der Waals surface area contributed by atoms with Gasteiger partial charge in [0.25, 0.3) is 0 Å². The van der Waals surface area contributed by atoms with Gasteiger partial charge in [-0.2, -0.15) is 0 Å². The van der Waals surface area contributed by atoms with Gasteiger partial charge in [0, 0.05) is 6.04 Å². The van der Waals surface area contributed by atoms with Crippen molar-refractivity contribution in [3.05, 3.63) is 0 Å². The summed E-state index contributed by atoms with van der Waals surface area (Å²) in [5.74, 6) is 0. The molecule has 0 radical (unpaired) electrons. The van der Waals surface area contributed by atoms with E-state index in [1.54, 1.807) is 0 Å². The van der Waals surface area contributed by atoms with E-state index in [1.165, 1.54) is 0 Å². The van der Waals surface area contributed by atoms with Gasteiger partial charge < -0.3 is 15.2 Å². The van der Waals surface area contributed by atoms with E-state index >= 15 is 0 Å². The minimum absolute atomic E-state index is 0.0410. The van der Waals surface area contributed by atoms with E-state index < -0.39 is 0 Å². The van der Waals surface area contributed by atoms with Crippen LogP contribution in [0, 0.1) is 0 Å². The molecule has 2 fully saturated rings. The van der Waals surface area contributed by atoms with Gasteiger partial charge in [-0.25, -0.2) is 0 Å². The first kappa shape index (κ1) is 8.48. The van der Waals surface area contributed by atoms with Crippen molar-refractivity contribution in [3.8, 4) is 0 Å². The van der Waals surface area contributed by atoms with Crippen LogP contribution in [0.5, 0.6) is 0 Å². The number of nitrogens with one attached hydrogen (secondary N) is 1. The lowest BCUT2D eigenvalue weighted by Gasteiger charge is -2.34. The van der Waals surface area contributed by atoms with Gasteiger partial charge in [0.05, 0.1) is 25.4 Å². The predicted octanol–water partition coefficient (Wildman–Crippen LogP) is 0.278. The lowest BCUT2D eigenvalue weighted by atomic mass is 9.92. The molecule has 1 saturated carbocycles. The normalized spacial score (nSPS) is 37.8. The zero-order valence-corrected chi connectivity index (χ0v) is 7.33. The van der Waals surface area contributed by atoms with Crippen LogP contribution in [0.3, 0.4) is 0 Å². The molecule has 3 heteroatoms. The fraction of sp³-hybridized carbons (Fsp3) is 1.00. The van der Waals surface area contributed by atoms with Gasteiger partial charge >= 0.3 is 0 Å². The van der Waals surface area contributed by atoms with Crippen molar-refractivity contribution in [2.45, 2.75) is 43.9 Å². The first-order valence-corrected chi connectivity index (χ1v) is 4.86. The fourth-order valence-corrected chi connectivity index (χ4v) is 1.91. The SMILES string of the molecule is OC1CCC(NC2COC2)CC1. The molecule has 0 unspecified atom stereocenters. The Balaban J connectivity index is 1.67. The highest BCUT2D eigenvalue weighted by Crippen LogP contribution is 2.19. The first-order valence-electron chi connectivity index (χ1n) is 4.86. The van der Waals surface area contributed by atoms with Crippen molar-refractivity contribution in [2.75, 3.05) is 13.2 Å². The molecule has 70 valence electrons. The molecular weight excluding hydrogens is 154 g/mol. The molecule has 1 aliphatic carbocycles. The minimum atomic E-state index is -0.0410. The lowest BCUT2D eigenvalue weighted by molar-refractivity contribution is -0.0145. The van der Waals surface area contributed by atoms with Gasteiger partial charge in [0.1, 0.15) is 0 Å². The van der Waals surface area contributed by atoms with Crippen LogP contribution in [0.15, 0.2) is 0 Å². The average Bonchev–Trinajstić information content (AvgIpc) is 2.00. The second kappa shape index (κ2) is 3.73. The summed E-state index contributed by atoms with van der Waals surface area (Å²) in [5.41, 5.74) is 0. The Bertz CT molecular complexity index is 139. The quantitative estimate of drug-likeness (QED) is 0.627. The maximum absolute atomic E-state index is 9.28. The number of hydrogen-bond acceptors (Lipinski definition) is 3. The summed E-state index contributed by atoms with van der Waals surface area (Å²) >= 11 is 0. The van der Waals surface area contributed by atoms with Gasteiger partial charge in [-0.05, 0) is 25.7 Å². The smallest absolute Gasteiger partial charge is 0.0643 e. The number of hydrogen-bond donors (Lipinski definition) is 2. The molecule has 1 heterocycles. The zero-order chi connectivity index (χ0) is 8.39. The van der Waals surface area contributed by atoms with E-state index in [4.69, 9.17) is 4.74 Å². The summed E-state index contributed by atoms with van der Waals surface area (Å²) < 4.78 is 5.09. The first-order chi connectivity index (χ1) is 5.84. The highest BCUT2D eigenvalue weighted by atomic mass is 16.5. The highest BCUT2D eigenvalue weighted by molar-refractivity contribution is 4.82. The van der Waals surface area contributed by atoms with Crippen molar-refractivity contribution in [2.24, 2.45) is 0 Å². The Morgan fingerprint density at radius 2 is 1.67 bits per heavy atom. The molecule has 0 bridgehead atoms. The Hall–Kier alpha value is -0.120. The van der Waals surface area contributed by atoms with Gasteiger partial charge in [-0.3, -0.25) is 0 Å². The molecule has 2 aliphatic rings. The van der Waals surface area contributed by atoms with Crippen molar-refractivity contribution >= 4 is 0 Å². The maximum Gasteiger partial charge on any atom is 0.0643 e. The summed E-state index contributed by atoms with van der Waals surface area (Å²) in [6.07, 6.45) is 4.13. The second-order valence-electron chi connectivity index (χ2n) is 3.91. The Kier molecular flexibility index (Phi) is 2.63. The van der Waals surface area contributed by atoms with Gasteiger partial charge in [-0.15, -0.1) is 0 Å². The number of aliphatic hydroxyl groups excluding tert-OH is 1.